The number of amides is 1. The summed E-state index contributed by atoms with van der Waals surface area (Å²) < 4.78 is 32.5. The van der Waals surface area contributed by atoms with Crippen LogP contribution in [-0.2, 0) is 19.6 Å². The Labute approximate surface area is 185 Å². The van der Waals surface area contributed by atoms with Gasteiger partial charge in [0.05, 0.1) is 27.7 Å². The zero-order valence-corrected chi connectivity index (χ0v) is 18.7. The van der Waals surface area contributed by atoms with Crippen LogP contribution in [0.1, 0.15) is 10.4 Å². The van der Waals surface area contributed by atoms with Crippen LogP contribution in [0.15, 0.2) is 60.0 Å². The lowest BCUT2D eigenvalue weighted by molar-refractivity contribution is -0.131. The molecule has 0 unspecified atom stereocenters. The maximum Gasteiger partial charge on any atom is 0.340 e. The fraction of sp³-hybridized carbons (Fsp3) is 0.200. The van der Waals surface area contributed by atoms with Gasteiger partial charge < -0.3 is 9.64 Å². The fourth-order valence-corrected chi connectivity index (χ4v) is 4.13. The van der Waals surface area contributed by atoms with Crippen molar-refractivity contribution in [1.29, 1.82) is 0 Å². The molecular formula is C20H20Cl2N2O5S. The third-order valence-corrected chi connectivity index (χ3v) is 6.35. The average Bonchev–Trinajstić information content (AvgIpc) is 2.70. The second-order valence-corrected chi connectivity index (χ2v) is 9.01. The van der Waals surface area contributed by atoms with Crippen LogP contribution in [0.5, 0.6) is 0 Å². The van der Waals surface area contributed by atoms with E-state index in [9.17, 15) is 18.0 Å². The van der Waals surface area contributed by atoms with Crippen molar-refractivity contribution < 1.29 is 22.7 Å². The Hall–Kier alpha value is -2.55. The van der Waals surface area contributed by atoms with Crippen LogP contribution in [0.3, 0.4) is 0 Å². The molecule has 0 heterocycles. The van der Waals surface area contributed by atoms with Crippen LogP contribution >= 0.6 is 23.2 Å². The quantitative estimate of drug-likeness (QED) is 0.434. The van der Waals surface area contributed by atoms with Gasteiger partial charge in [-0.05, 0) is 42.5 Å². The molecule has 0 saturated heterocycles. The van der Waals surface area contributed by atoms with E-state index >= 15 is 0 Å². The van der Waals surface area contributed by atoms with Gasteiger partial charge in [-0.15, -0.1) is 6.58 Å². The summed E-state index contributed by atoms with van der Waals surface area (Å²) in [6.07, 6.45) is 1.43. The molecule has 0 aliphatic rings. The van der Waals surface area contributed by atoms with Crippen molar-refractivity contribution in [2.75, 3.05) is 31.6 Å². The van der Waals surface area contributed by atoms with Gasteiger partial charge in [-0.1, -0.05) is 29.3 Å². The summed E-state index contributed by atoms with van der Waals surface area (Å²) in [5.74, 6) is -1.34. The molecule has 1 amide bonds. The smallest absolute Gasteiger partial charge is 0.340 e. The van der Waals surface area contributed by atoms with E-state index in [4.69, 9.17) is 27.9 Å². The monoisotopic (exact) mass is 470 g/mol. The van der Waals surface area contributed by atoms with Gasteiger partial charge in [0.1, 0.15) is 0 Å². The van der Waals surface area contributed by atoms with Crippen molar-refractivity contribution in [3.05, 3.63) is 70.7 Å². The number of ether oxygens (including phenoxy) is 1. The predicted octanol–water partition coefficient (Wildman–Crippen LogP) is 3.62. The first kappa shape index (κ1) is 23.7. The van der Waals surface area contributed by atoms with Crippen molar-refractivity contribution in [3.8, 4) is 0 Å². The zero-order chi connectivity index (χ0) is 22.5. The molecule has 2 aromatic carbocycles. The highest BCUT2D eigenvalue weighted by molar-refractivity contribution is 7.92. The molecule has 0 bridgehead atoms. The van der Waals surface area contributed by atoms with Crippen LogP contribution in [-0.4, -0.2) is 52.4 Å². The molecule has 0 saturated carbocycles. The van der Waals surface area contributed by atoms with E-state index in [1.165, 1.54) is 37.2 Å². The first-order valence-corrected chi connectivity index (χ1v) is 10.8. The molecule has 2 aromatic rings. The fourth-order valence-electron chi connectivity index (χ4n) is 2.35. The predicted molar refractivity (Wildman–Crippen MR) is 117 cm³/mol. The molecule has 0 fully saturated rings. The minimum Gasteiger partial charge on any atom is -0.452 e. The summed E-state index contributed by atoms with van der Waals surface area (Å²) in [7, 11) is -1.04. The van der Waals surface area contributed by atoms with E-state index in [0.717, 1.165) is 10.4 Å². The van der Waals surface area contributed by atoms with E-state index in [1.807, 2.05) is 0 Å². The minimum atomic E-state index is -4.07. The highest BCUT2D eigenvalue weighted by atomic mass is 35.5. The Bertz CT molecular complexity index is 1050. The number of nitrogens with zero attached hydrogens (tertiary/aromatic N) is 2. The molecule has 0 spiro atoms. The molecule has 0 aromatic heterocycles. The highest BCUT2D eigenvalue weighted by Gasteiger charge is 2.26. The van der Waals surface area contributed by atoms with Gasteiger partial charge >= 0.3 is 5.97 Å². The Morgan fingerprint density at radius 3 is 2.30 bits per heavy atom. The van der Waals surface area contributed by atoms with Gasteiger partial charge in [-0.3, -0.25) is 9.10 Å². The molecule has 0 atom stereocenters. The molecule has 160 valence electrons. The second-order valence-electron chi connectivity index (χ2n) is 6.31. The average molecular weight is 471 g/mol. The molecule has 10 heteroatoms. The third-order valence-electron chi connectivity index (χ3n) is 3.98. The SMILES string of the molecule is C=CCN(c1ccc(Cl)cc1)S(=O)(=O)c1ccc(Cl)c(C(=O)OCC(=O)N(C)C)c1. The number of benzene rings is 2. The summed E-state index contributed by atoms with van der Waals surface area (Å²) in [5, 5.41) is 0.455. The number of carbonyl (C=O) groups is 2. The number of sulfonamides is 1. The van der Waals surface area contributed by atoms with Crippen molar-refractivity contribution in [3.63, 3.8) is 0 Å². The maximum absolute atomic E-state index is 13.2. The van der Waals surface area contributed by atoms with E-state index in [0.29, 0.717) is 10.7 Å². The van der Waals surface area contributed by atoms with E-state index in [1.54, 1.807) is 24.3 Å². The van der Waals surface area contributed by atoms with Gasteiger partial charge in [0.2, 0.25) is 0 Å². The molecule has 0 radical (unpaired) electrons. The first-order chi connectivity index (χ1) is 14.1. The largest absolute Gasteiger partial charge is 0.452 e. The van der Waals surface area contributed by atoms with Gasteiger partial charge in [-0.2, -0.15) is 0 Å². The summed E-state index contributed by atoms with van der Waals surface area (Å²) in [6, 6.07) is 9.93. The van der Waals surface area contributed by atoms with Crippen LogP contribution < -0.4 is 4.31 Å². The molecule has 7 nitrogen and oxygen atoms in total. The van der Waals surface area contributed by atoms with Gasteiger partial charge in [0, 0.05) is 19.1 Å². The Kier molecular flexibility index (Phi) is 7.89. The van der Waals surface area contributed by atoms with E-state index in [-0.39, 0.29) is 22.0 Å². The van der Waals surface area contributed by atoms with Crippen molar-refractivity contribution in [2.24, 2.45) is 0 Å². The van der Waals surface area contributed by atoms with E-state index < -0.39 is 28.5 Å². The number of hydrogen-bond donors (Lipinski definition) is 0. The van der Waals surface area contributed by atoms with Crippen molar-refractivity contribution >= 4 is 50.8 Å². The van der Waals surface area contributed by atoms with Gasteiger partial charge in [0.25, 0.3) is 15.9 Å². The number of esters is 1. The zero-order valence-electron chi connectivity index (χ0n) is 16.3. The molecule has 2 rings (SSSR count). The van der Waals surface area contributed by atoms with Crippen LogP contribution in [0, 0.1) is 0 Å². The van der Waals surface area contributed by atoms with Crippen molar-refractivity contribution in [2.45, 2.75) is 4.90 Å². The lowest BCUT2D eigenvalue weighted by Crippen LogP contribution is -2.31. The normalized spacial score (nSPS) is 10.9. The van der Waals surface area contributed by atoms with Gasteiger partial charge in [-0.25, -0.2) is 13.2 Å². The maximum atomic E-state index is 13.2. The molecule has 0 N–H and O–H groups in total. The summed E-state index contributed by atoms with van der Waals surface area (Å²) in [4.78, 5) is 25.1. The minimum absolute atomic E-state index is 0.00184. The number of halogens is 2. The van der Waals surface area contributed by atoms with Crippen LogP contribution in [0.4, 0.5) is 5.69 Å². The Morgan fingerprint density at radius 1 is 1.10 bits per heavy atom. The summed E-state index contributed by atoms with van der Waals surface area (Å²) >= 11 is 11.9. The number of carbonyl (C=O) groups excluding carboxylic acids is 2. The Morgan fingerprint density at radius 2 is 1.73 bits per heavy atom. The highest BCUT2D eigenvalue weighted by Crippen LogP contribution is 2.28. The number of rotatable bonds is 8. The second kappa shape index (κ2) is 9.97. The first-order valence-electron chi connectivity index (χ1n) is 8.64. The number of anilines is 1. The van der Waals surface area contributed by atoms with Crippen LogP contribution in [0.25, 0.3) is 0 Å². The molecule has 0 aliphatic heterocycles. The Balaban J connectivity index is 2.40. The standard InChI is InChI=1S/C20H20Cl2N2O5S/c1-4-11-24(15-7-5-14(21)6-8-15)30(27,28)16-9-10-18(22)17(12-16)20(26)29-13-19(25)23(2)3/h4-10,12H,1,11,13H2,2-3H3. The molecular weight excluding hydrogens is 451 g/mol. The van der Waals surface area contributed by atoms with Crippen LogP contribution in [0.2, 0.25) is 10.0 Å². The lowest BCUT2D eigenvalue weighted by Gasteiger charge is -2.23. The third kappa shape index (κ3) is 5.53. The molecule has 30 heavy (non-hydrogen) atoms. The topological polar surface area (TPSA) is 84.0 Å². The summed E-state index contributed by atoms with van der Waals surface area (Å²) in [6.45, 7) is 3.10. The molecule has 0 aliphatic carbocycles. The van der Waals surface area contributed by atoms with E-state index in [2.05, 4.69) is 6.58 Å². The summed E-state index contributed by atoms with van der Waals surface area (Å²) in [5.41, 5.74) is 0.203. The lowest BCUT2D eigenvalue weighted by atomic mass is 10.2. The van der Waals surface area contributed by atoms with Gasteiger partial charge in [0.15, 0.2) is 6.61 Å². The number of likely N-dealkylation sites (N-methyl/N-ethyl adjacent to an activating group) is 1. The van der Waals surface area contributed by atoms with Crippen molar-refractivity contribution in [1.82, 2.24) is 4.90 Å². The number of hydrogen-bond acceptors (Lipinski definition) is 5.